The molecule has 2 aromatic heterocycles. The third-order valence-corrected chi connectivity index (χ3v) is 5.25. The SMILES string of the molecule is Cn1c(C2CCCN(C(=O)Cn3ncc4ccccc43)C2)n[nH]c1=S. The Bertz CT molecular complexity index is 971. The van der Waals surface area contributed by atoms with Crippen LogP contribution < -0.4 is 0 Å². The summed E-state index contributed by atoms with van der Waals surface area (Å²) < 4.78 is 4.29. The number of rotatable bonds is 3. The molecule has 8 heteroatoms. The van der Waals surface area contributed by atoms with Gasteiger partial charge in [-0.05, 0) is 31.1 Å². The van der Waals surface area contributed by atoms with Crippen LogP contribution in [0.2, 0.25) is 0 Å². The molecular formula is C17H20N6OS. The fourth-order valence-electron chi connectivity index (χ4n) is 3.52. The first kappa shape index (κ1) is 16.0. The Balaban J connectivity index is 1.50. The number of H-pyrrole nitrogens is 1. The summed E-state index contributed by atoms with van der Waals surface area (Å²) in [7, 11) is 1.91. The number of likely N-dealkylation sites (tertiary alicyclic amines) is 1. The van der Waals surface area contributed by atoms with Gasteiger partial charge in [0.15, 0.2) is 4.77 Å². The Morgan fingerprint density at radius 3 is 3.04 bits per heavy atom. The molecule has 1 amide bonds. The molecule has 3 aromatic rings. The second kappa shape index (κ2) is 6.44. The van der Waals surface area contributed by atoms with Crippen molar-refractivity contribution in [2.45, 2.75) is 25.3 Å². The minimum atomic E-state index is 0.0929. The third-order valence-electron chi connectivity index (χ3n) is 4.89. The van der Waals surface area contributed by atoms with E-state index in [4.69, 9.17) is 12.2 Å². The molecule has 7 nitrogen and oxygen atoms in total. The number of hydrogen-bond acceptors (Lipinski definition) is 4. The molecule has 25 heavy (non-hydrogen) atoms. The van der Waals surface area contributed by atoms with Crippen LogP contribution in [0, 0.1) is 4.77 Å². The quantitative estimate of drug-likeness (QED) is 0.731. The summed E-state index contributed by atoms with van der Waals surface area (Å²) >= 11 is 5.20. The molecule has 1 atom stereocenters. The Morgan fingerprint density at radius 2 is 2.24 bits per heavy atom. The molecule has 1 unspecified atom stereocenters. The first-order valence-electron chi connectivity index (χ1n) is 8.43. The highest BCUT2D eigenvalue weighted by atomic mass is 32.1. The van der Waals surface area contributed by atoms with Gasteiger partial charge in [-0.2, -0.15) is 10.2 Å². The summed E-state index contributed by atoms with van der Waals surface area (Å²) in [4.78, 5) is 14.7. The van der Waals surface area contributed by atoms with E-state index in [0.29, 0.717) is 11.3 Å². The van der Waals surface area contributed by atoms with Crippen molar-refractivity contribution in [3.63, 3.8) is 0 Å². The second-order valence-electron chi connectivity index (χ2n) is 6.49. The summed E-state index contributed by atoms with van der Waals surface area (Å²) in [6.07, 6.45) is 3.79. The van der Waals surface area contributed by atoms with Crippen LogP contribution in [0.3, 0.4) is 0 Å². The lowest BCUT2D eigenvalue weighted by Gasteiger charge is -2.32. The van der Waals surface area contributed by atoms with Crippen LogP contribution in [0.4, 0.5) is 0 Å². The van der Waals surface area contributed by atoms with Gasteiger partial charge in [0.25, 0.3) is 0 Å². The van der Waals surface area contributed by atoms with Gasteiger partial charge >= 0.3 is 0 Å². The number of aromatic nitrogens is 5. The molecule has 4 rings (SSSR count). The summed E-state index contributed by atoms with van der Waals surface area (Å²) in [6.45, 7) is 1.72. The minimum Gasteiger partial charge on any atom is -0.340 e. The average Bonchev–Trinajstić information content (AvgIpc) is 3.19. The zero-order chi connectivity index (χ0) is 17.4. The number of fused-ring (bicyclic) bond motifs is 1. The maximum Gasteiger partial charge on any atom is 0.244 e. The summed E-state index contributed by atoms with van der Waals surface area (Å²) in [5, 5.41) is 12.6. The van der Waals surface area contributed by atoms with E-state index in [0.717, 1.165) is 36.1 Å². The molecule has 0 radical (unpaired) electrons. The first-order chi connectivity index (χ1) is 12.1. The maximum absolute atomic E-state index is 12.8. The molecule has 0 spiro atoms. The summed E-state index contributed by atoms with van der Waals surface area (Å²) in [5.74, 6) is 1.23. The average molecular weight is 356 g/mol. The molecule has 0 aliphatic carbocycles. The molecule has 0 saturated carbocycles. The fraction of sp³-hybridized carbons (Fsp3) is 0.412. The van der Waals surface area contributed by atoms with Gasteiger partial charge in [0, 0.05) is 31.4 Å². The standard InChI is InChI=1S/C17H20N6OS/c1-21-16(19-20-17(21)25)13-6-4-8-22(10-13)15(24)11-23-14-7-3-2-5-12(14)9-18-23/h2-3,5,7,9,13H,4,6,8,10-11H2,1H3,(H,20,25). The molecule has 1 aliphatic heterocycles. The van der Waals surface area contributed by atoms with Crippen LogP contribution in [0.25, 0.3) is 10.9 Å². The van der Waals surface area contributed by atoms with Crippen molar-refractivity contribution in [3.05, 3.63) is 41.1 Å². The molecular weight excluding hydrogens is 336 g/mol. The lowest BCUT2D eigenvalue weighted by atomic mass is 9.97. The number of amides is 1. The van der Waals surface area contributed by atoms with Gasteiger partial charge in [-0.1, -0.05) is 18.2 Å². The zero-order valence-electron chi connectivity index (χ0n) is 14.1. The van der Waals surface area contributed by atoms with Crippen molar-refractivity contribution < 1.29 is 4.79 Å². The van der Waals surface area contributed by atoms with Crippen LogP contribution in [0.5, 0.6) is 0 Å². The predicted octanol–water partition coefficient (Wildman–Crippen LogP) is 2.23. The molecule has 1 aliphatic rings. The molecule has 1 fully saturated rings. The van der Waals surface area contributed by atoms with E-state index < -0.39 is 0 Å². The number of piperidine rings is 1. The number of aromatic amines is 1. The summed E-state index contributed by atoms with van der Waals surface area (Å²) in [6, 6.07) is 7.93. The van der Waals surface area contributed by atoms with Gasteiger partial charge in [0.1, 0.15) is 12.4 Å². The molecule has 1 N–H and O–H groups in total. The van der Waals surface area contributed by atoms with Crippen molar-refractivity contribution in [2.24, 2.45) is 7.05 Å². The molecule has 130 valence electrons. The monoisotopic (exact) mass is 356 g/mol. The highest BCUT2D eigenvalue weighted by molar-refractivity contribution is 7.71. The Morgan fingerprint density at radius 1 is 1.40 bits per heavy atom. The van der Waals surface area contributed by atoms with Gasteiger partial charge in [0.2, 0.25) is 5.91 Å². The van der Waals surface area contributed by atoms with E-state index in [1.165, 1.54) is 0 Å². The molecule has 1 aromatic carbocycles. The number of nitrogens with one attached hydrogen (secondary N) is 1. The summed E-state index contributed by atoms with van der Waals surface area (Å²) in [5.41, 5.74) is 0.985. The fourth-order valence-corrected chi connectivity index (χ4v) is 3.66. The highest BCUT2D eigenvalue weighted by Crippen LogP contribution is 2.25. The van der Waals surface area contributed by atoms with E-state index in [-0.39, 0.29) is 18.4 Å². The van der Waals surface area contributed by atoms with Crippen LogP contribution in [-0.4, -0.2) is 48.4 Å². The lowest BCUT2D eigenvalue weighted by Crippen LogP contribution is -2.41. The normalized spacial score (nSPS) is 18.0. The van der Waals surface area contributed by atoms with Gasteiger partial charge in [-0.15, -0.1) is 0 Å². The van der Waals surface area contributed by atoms with Crippen molar-refractivity contribution in [3.8, 4) is 0 Å². The second-order valence-corrected chi connectivity index (χ2v) is 6.87. The van der Waals surface area contributed by atoms with Crippen LogP contribution in [0.1, 0.15) is 24.6 Å². The number of carbonyl (C=O) groups excluding carboxylic acids is 1. The molecule has 3 heterocycles. The highest BCUT2D eigenvalue weighted by Gasteiger charge is 2.27. The predicted molar refractivity (Wildman–Crippen MR) is 96.7 cm³/mol. The molecule has 0 bridgehead atoms. The lowest BCUT2D eigenvalue weighted by molar-refractivity contribution is -0.133. The Kier molecular flexibility index (Phi) is 4.12. The van der Waals surface area contributed by atoms with Crippen molar-refractivity contribution >= 4 is 29.0 Å². The number of para-hydroxylation sites is 1. The van der Waals surface area contributed by atoms with E-state index in [9.17, 15) is 4.79 Å². The Hall–Kier alpha value is -2.48. The number of carbonyl (C=O) groups is 1. The van der Waals surface area contributed by atoms with Gasteiger partial charge in [-0.3, -0.25) is 14.6 Å². The maximum atomic E-state index is 12.8. The number of benzene rings is 1. The van der Waals surface area contributed by atoms with E-state index in [1.807, 2.05) is 40.8 Å². The van der Waals surface area contributed by atoms with Crippen molar-refractivity contribution in [2.75, 3.05) is 13.1 Å². The van der Waals surface area contributed by atoms with Crippen LogP contribution in [-0.2, 0) is 18.4 Å². The van der Waals surface area contributed by atoms with Crippen molar-refractivity contribution in [1.82, 2.24) is 29.4 Å². The van der Waals surface area contributed by atoms with E-state index in [2.05, 4.69) is 15.3 Å². The van der Waals surface area contributed by atoms with Gasteiger partial charge in [0.05, 0.1) is 11.7 Å². The topological polar surface area (TPSA) is 71.7 Å². The van der Waals surface area contributed by atoms with E-state index >= 15 is 0 Å². The van der Waals surface area contributed by atoms with Gasteiger partial charge < -0.3 is 9.47 Å². The molecule has 1 saturated heterocycles. The largest absolute Gasteiger partial charge is 0.340 e. The van der Waals surface area contributed by atoms with Crippen LogP contribution >= 0.6 is 12.2 Å². The van der Waals surface area contributed by atoms with Crippen LogP contribution in [0.15, 0.2) is 30.5 Å². The van der Waals surface area contributed by atoms with Gasteiger partial charge in [-0.25, -0.2) is 0 Å². The third kappa shape index (κ3) is 2.97. The van der Waals surface area contributed by atoms with E-state index in [1.54, 1.807) is 10.9 Å². The number of hydrogen-bond donors (Lipinski definition) is 1. The van der Waals surface area contributed by atoms with Crippen molar-refractivity contribution in [1.29, 1.82) is 0 Å². The Labute approximate surface area is 150 Å². The first-order valence-corrected chi connectivity index (χ1v) is 8.84. The smallest absolute Gasteiger partial charge is 0.244 e. The zero-order valence-corrected chi connectivity index (χ0v) is 14.9. The number of nitrogens with zero attached hydrogens (tertiary/aromatic N) is 5. The minimum absolute atomic E-state index is 0.0929.